The number of carbonyl (C=O) groups is 1. The minimum atomic E-state index is -3.14. The van der Waals surface area contributed by atoms with E-state index < -0.39 is 15.8 Å². The van der Waals surface area contributed by atoms with Crippen LogP contribution in [0.25, 0.3) is 0 Å². The Balaban J connectivity index is 1.65. The molecule has 3 rings (SSSR count). The van der Waals surface area contributed by atoms with Crippen LogP contribution in [0.1, 0.15) is 42.9 Å². The lowest BCUT2D eigenvalue weighted by atomic mass is 9.91. The fourth-order valence-electron chi connectivity index (χ4n) is 4.24. The number of rotatable bonds is 4. The first-order valence-electron chi connectivity index (χ1n) is 9.36. The smallest absolute Gasteiger partial charge is 0.226 e. The van der Waals surface area contributed by atoms with Crippen molar-refractivity contribution in [1.82, 2.24) is 19.4 Å². The van der Waals surface area contributed by atoms with E-state index in [1.807, 2.05) is 4.90 Å². The van der Waals surface area contributed by atoms with Crippen molar-refractivity contribution in [2.75, 3.05) is 38.7 Å². The second-order valence-electron chi connectivity index (χ2n) is 7.97. The van der Waals surface area contributed by atoms with Crippen molar-refractivity contribution in [3.8, 4) is 0 Å². The van der Waals surface area contributed by atoms with Crippen LogP contribution in [0.4, 0.5) is 0 Å². The molecule has 0 radical (unpaired) electrons. The van der Waals surface area contributed by atoms with Crippen LogP contribution >= 0.6 is 0 Å². The highest BCUT2D eigenvalue weighted by molar-refractivity contribution is 7.90. The lowest BCUT2D eigenvalue weighted by Gasteiger charge is -2.34. The maximum atomic E-state index is 12.5. The normalized spacial score (nSPS) is 20.8. The molecule has 0 aliphatic carbocycles. The summed E-state index contributed by atoms with van der Waals surface area (Å²) in [5, 5.41) is 0. The summed E-state index contributed by atoms with van der Waals surface area (Å²) in [4.78, 5) is 21.5. The summed E-state index contributed by atoms with van der Waals surface area (Å²) in [5.74, 6) is 0.870. The van der Waals surface area contributed by atoms with Gasteiger partial charge in [0.05, 0.1) is 17.1 Å². The monoisotopic (exact) mass is 382 g/mol. The predicted octanol–water partition coefficient (Wildman–Crippen LogP) is 1.02. The van der Waals surface area contributed by atoms with Gasteiger partial charge in [-0.15, -0.1) is 0 Å². The van der Waals surface area contributed by atoms with Gasteiger partial charge >= 0.3 is 0 Å². The topological polar surface area (TPSA) is 75.5 Å². The van der Waals surface area contributed by atoms with Crippen molar-refractivity contribution in [1.29, 1.82) is 0 Å². The first kappa shape index (κ1) is 19.4. The molecule has 0 aromatic carbocycles. The van der Waals surface area contributed by atoms with Gasteiger partial charge in [-0.25, -0.2) is 13.4 Å². The number of carbonyl (C=O) groups excluding carboxylic acids is 1. The molecule has 1 unspecified atom stereocenters. The maximum Gasteiger partial charge on any atom is 0.226 e. The van der Waals surface area contributed by atoms with Crippen molar-refractivity contribution in [2.24, 2.45) is 5.92 Å². The minimum Gasteiger partial charge on any atom is -0.342 e. The van der Waals surface area contributed by atoms with E-state index >= 15 is 0 Å². The number of likely N-dealkylation sites (N-methyl/N-ethyl adjacent to an activating group) is 1. The molecule has 1 saturated heterocycles. The predicted molar refractivity (Wildman–Crippen MR) is 101 cm³/mol. The molecule has 3 heterocycles. The molecule has 8 heteroatoms. The van der Waals surface area contributed by atoms with Crippen LogP contribution in [0.3, 0.4) is 0 Å². The van der Waals surface area contributed by atoms with E-state index in [0.717, 1.165) is 38.3 Å². The summed E-state index contributed by atoms with van der Waals surface area (Å²) in [5.41, 5.74) is 2.52. The molecular formula is C18H30N4O3S. The largest absolute Gasteiger partial charge is 0.342 e. The Bertz CT molecular complexity index is 779. The average molecular weight is 383 g/mol. The molecule has 146 valence electrons. The summed E-state index contributed by atoms with van der Waals surface area (Å²) in [6.45, 7) is 8.11. The molecule has 1 amide bonds. The maximum absolute atomic E-state index is 12.5. The Morgan fingerprint density at radius 2 is 1.88 bits per heavy atom. The Labute approximate surface area is 156 Å². The van der Waals surface area contributed by atoms with E-state index in [-0.39, 0.29) is 11.7 Å². The number of sulfone groups is 1. The Morgan fingerprint density at radius 3 is 2.50 bits per heavy atom. The minimum absolute atomic E-state index is 0.0448. The number of piperidine rings is 1. The van der Waals surface area contributed by atoms with Crippen LogP contribution in [-0.2, 0) is 27.7 Å². The van der Waals surface area contributed by atoms with Crippen LogP contribution in [0, 0.1) is 12.8 Å². The molecular weight excluding hydrogens is 352 g/mol. The van der Waals surface area contributed by atoms with Crippen molar-refractivity contribution < 1.29 is 13.2 Å². The molecule has 7 nitrogen and oxygen atoms in total. The lowest BCUT2D eigenvalue weighted by Crippen LogP contribution is -2.42. The number of amides is 1. The standard InChI is InChI=1S/C18H30N4O3S/c1-13(12-26(4,24)25)18(23)21-7-5-15(6-8-21)17-16-11-20(3)9-10-22(16)14(2)19-17/h13,15H,5-12H2,1-4H3. The van der Waals surface area contributed by atoms with Gasteiger partial charge in [-0.3, -0.25) is 9.69 Å². The number of imidazole rings is 1. The third-order valence-electron chi connectivity index (χ3n) is 5.59. The fourth-order valence-corrected chi connectivity index (χ4v) is 5.29. The average Bonchev–Trinajstić information content (AvgIpc) is 2.89. The van der Waals surface area contributed by atoms with Gasteiger partial charge in [0.15, 0.2) is 0 Å². The van der Waals surface area contributed by atoms with Crippen LogP contribution in [0.5, 0.6) is 0 Å². The third kappa shape index (κ3) is 4.11. The number of hydrogen-bond donors (Lipinski definition) is 0. The highest BCUT2D eigenvalue weighted by Crippen LogP contribution is 2.32. The molecule has 0 saturated carbocycles. The van der Waals surface area contributed by atoms with Gasteiger partial charge in [0.1, 0.15) is 15.7 Å². The van der Waals surface area contributed by atoms with Crippen LogP contribution in [-0.4, -0.2) is 72.4 Å². The van der Waals surface area contributed by atoms with Crippen molar-refractivity contribution in [3.63, 3.8) is 0 Å². The Morgan fingerprint density at radius 1 is 1.23 bits per heavy atom. The zero-order valence-electron chi connectivity index (χ0n) is 16.2. The Hall–Kier alpha value is -1.41. The molecule has 1 atom stereocenters. The number of nitrogens with zero attached hydrogens (tertiary/aromatic N) is 4. The quantitative estimate of drug-likeness (QED) is 0.777. The Kier molecular flexibility index (Phi) is 5.44. The van der Waals surface area contributed by atoms with E-state index in [4.69, 9.17) is 4.98 Å². The molecule has 1 aromatic heterocycles. The number of fused-ring (bicyclic) bond motifs is 1. The number of aromatic nitrogens is 2. The number of aryl methyl sites for hydroxylation is 1. The van der Waals surface area contributed by atoms with Gasteiger partial charge in [-0.1, -0.05) is 6.92 Å². The van der Waals surface area contributed by atoms with Gasteiger partial charge in [-0.05, 0) is 26.8 Å². The summed E-state index contributed by atoms with van der Waals surface area (Å²) < 4.78 is 25.2. The first-order valence-corrected chi connectivity index (χ1v) is 11.4. The molecule has 0 N–H and O–H groups in total. The van der Waals surface area contributed by atoms with Gasteiger partial charge in [0, 0.05) is 50.8 Å². The summed E-state index contributed by atoms with van der Waals surface area (Å²) in [6.07, 6.45) is 2.97. The fraction of sp³-hybridized carbons (Fsp3) is 0.778. The third-order valence-corrected chi connectivity index (χ3v) is 6.69. The van der Waals surface area contributed by atoms with Crippen LogP contribution in [0.15, 0.2) is 0 Å². The van der Waals surface area contributed by atoms with E-state index in [9.17, 15) is 13.2 Å². The molecule has 1 fully saturated rings. The van der Waals surface area contributed by atoms with Crippen LogP contribution in [0.2, 0.25) is 0 Å². The molecule has 26 heavy (non-hydrogen) atoms. The van der Waals surface area contributed by atoms with E-state index in [0.29, 0.717) is 19.0 Å². The number of likely N-dealkylation sites (tertiary alicyclic amines) is 1. The molecule has 0 spiro atoms. The molecule has 2 aliphatic rings. The second kappa shape index (κ2) is 7.31. The second-order valence-corrected chi connectivity index (χ2v) is 10.2. The highest BCUT2D eigenvalue weighted by Gasteiger charge is 2.31. The zero-order chi connectivity index (χ0) is 19.1. The lowest BCUT2D eigenvalue weighted by molar-refractivity contribution is -0.135. The summed E-state index contributed by atoms with van der Waals surface area (Å²) in [7, 11) is -1.000. The van der Waals surface area contributed by atoms with Crippen molar-refractivity contribution >= 4 is 15.7 Å². The van der Waals surface area contributed by atoms with E-state index in [1.54, 1.807) is 6.92 Å². The van der Waals surface area contributed by atoms with Crippen molar-refractivity contribution in [2.45, 2.75) is 45.7 Å². The van der Waals surface area contributed by atoms with Crippen molar-refractivity contribution in [3.05, 3.63) is 17.2 Å². The zero-order valence-corrected chi connectivity index (χ0v) is 17.0. The van der Waals surface area contributed by atoms with Crippen LogP contribution < -0.4 is 0 Å². The summed E-state index contributed by atoms with van der Waals surface area (Å²) >= 11 is 0. The molecule has 2 aliphatic heterocycles. The van der Waals surface area contributed by atoms with Gasteiger partial charge in [-0.2, -0.15) is 0 Å². The van der Waals surface area contributed by atoms with E-state index in [2.05, 4.69) is 23.4 Å². The first-order chi connectivity index (χ1) is 12.2. The van der Waals surface area contributed by atoms with E-state index in [1.165, 1.54) is 17.6 Å². The SMILES string of the molecule is Cc1nc(C2CCN(C(=O)C(C)CS(C)(=O)=O)CC2)c2n1CCN(C)C2. The van der Waals surface area contributed by atoms with Gasteiger partial charge < -0.3 is 9.47 Å². The summed E-state index contributed by atoms with van der Waals surface area (Å²) in [6, 6.07) is 0. The highest BCUT2D eigenvalue weighted by atomic mass is 32.2. The van der Waals surface area contributed by atoms with Gasteiger partial charge in [0.2, 0.25) is 5.91 Å². The number of hydrogen-bond acceptors (Lipinski definition) is 5. The molecule has 1 aromatic rings. The van der Waals surface area contributed by atoms with Gasteiger partial charge in [0.25, 0.3) is 0 Å². The molecule has 0 bridgehead atoms.